The quantitative estimate of drug-likeness (QED) is 0.796. The van der Waals surface area contributed by atoms with E-state index in [9.17, 15) is 9.59 Å². The van der Waals surface area contributed by atoms with Crippen LogP contribution in [0, 0.1) is 0 Å². The van der Waals surface area contributed by atoms with Gasteiger partial charge in [0, 0.05) is 6.54 Å². The molecule has 28 heavy (non-hydrogen) atoms. The molecule has 0 fully saturated rings. The highest BCUT2D eigenvalue weighted by atomic mass is 16.5. The second-order valence-corrected chi connectivity index (χ2v) is 6.64. The molecule has 2 aromatic rings. The van der Waals surface area contributed by atoms with Crippen LogP contribution in [0.4, 0.5) is 11.4 Å². The summed E-state index contributed by atoms with van der Waals surface area (Å²) in [5, 5.41) is 2.79. The van der Waals surface area contributed by atoms with E-state index in [1.807, 2.05) is 55.3 Å². The van der Waals surface area contributed by atoms with Crippen molar-refractivity contribution in [1.82, 2.24) is 4.90 Å². The number of rotatable bonds is 7. The molecule has 0 atom stereocenters. The van der Waals surface area contributed by atoms with Crippen LogP contribution in [0.2, 0.25) is 0 Å². The normalized spacial score (nSPS) is 13.1. The summed E-state index contributed by atoms with van der Waals surface area (Å²) < 4.78 is 10.9. The van der Waals surface area contributed by atoms with E-state index in [0.717, 1.165) is 11.3 Å². The van der Waals surface area contributed by atoms with E-state index in [1.165, 1.54) is 4.90 Å². The lowest BCUT2D eigenvalue weighted by molar-refractivity contribution is -0.122. The summed E-state index contributed by atoms with van der Waals surface area (Å²) in [5.41, 5.74) is 2.39. The minimum absolute atomic E-state index is 0.0283. The summed E-state index contributed by atoms with van der Waals surface area (Å²) in [4.78, 5) is 28.2. The molecular formula is C21H25N3O4. The van der Waals surface area contributed by atoms with Gasteiger partial charge in [-0.15, -0.1) is 0 Å². The summed E-state index contributed by atoms with van der Waals surface area (Å²) in [6, 6.07) is 13.1. The van der Waals surface area contributed by atoms with E-state index >= 15 is 0 Å². The van der Waals surface area contributed by atoms with E-state index < -0.39 is 0 Å². The largest absolute Gasteiger partial charge is 0.493 e. The van der Waals surface area contributed by atoms with E-state index in [4.69, 9.17) is 9.47 Å². The van der Waals surface area contributed by atoms with Crippen molar-refractivity contribution in [1.29, 1.82) is 0 Å². The minimum Gasteiger partial charge on any atom is -0.493 e. The first-order chi connectivity index (χ1) is 13.5. The maximum atomic E-state index is 12.8. The summed E-state index contributed by atoms with van der Waals surface area (Å²) in [6.07, 6.45) is 0. The fourth-order valence-corrected chi connectivity index (χ4v) is 3.22. The Morgan fingerprint density at radius 3 is 2.75 bits per heavy atom. The number of carbonyl (C=O) groups excluding carboxylic acids is 2. The van der Waals surface area contributed by atoms with Crippen LogP contribution in [0.1, 0.15) is 12.5 Å². The fraction of sp³-hybridized carbons (Fsp3) is 0.333. The second kappa shape index (κ2) is 8.75. The molecule has 0 aromatic heterocycles. The number of fused-ring (bicyclic) bond motifs is 1. The first kappa shape index (κ1) is 19.7. The van der Waals surface area contributed by atoms with Crippen molar-refractivity contribution in [2.75, 3.05) is 44.1 Å². The monoisotopic (exact) mass is 383 g/mol. The molecule has 0 aliphatic carbocycles. The predicted molar refractivity (Wildman–Crippen MR) is 108 cm³/mol. The Kier molecular flexibility index (Phi) is 6.16. The first-order valence-electron chi connectivity index (χ1n) is 9.19. The Labute approximate surface area is 164 Å². The van der Waals surface area contributed by atoms with Crippen molar-refractivity contribution in [3.63, 3.8) is 0 Å². The topological polar surface area (TPSA) is 71.1 Å². The third kappa shape index (κ3) is 4.43. The highest BCUT2D eigenvalue weighted by Crippen LogP contribution is 2.30. The number of hydrogen-bond donors (Lipinski definition) is 1. The summed E-state index contributed by atoms with van der Waals surface area (Å²) >= 11 is 0. The van der Waals surface area contributed by atoms with Gasteiger partial charge in [0.05, 0.1) is 31.6 Å². The average molecular weight is 383 g/mol. The number of benzene rings is 2. The van der Waals surface area contributed by atoms with Crippen molar-refractivity contribution in [2.24, 2.45) is 0 Å². The highest BCUT2D eigenvalue weighted by Gasteiger charge is 2.27. The Bertz CT molecular complexity index is 868. The van der Waals surface area contributed by atoms with Crippen LogP contribution in [0.15, 0.2) is 42.5 Å². The molecular weight excluding hydrogens is 358 g/mol. The fourth-order valence-electron chi connectivity index (χ4n) is 3.22. The van der Waals surface area contributed by atoms with Crippen molar-refractivity contribution in [2.45, 2.75) is 13.5 Å². The molecule has 1 N–H and O–H groups in total. The van der Waals surface area contributed by atoms with Crippen molar-refractivity contribution < 1.29 is 19.1 Å². The Hall–Kier alpha value is -3.06. The number of para-hydroxylation sites is 2. The molecule has 0 saturated heterocycles. The molecule has 3 rings (SSSR count). The molecule has 0 saturated carbocycles. The van der Waals surface area contributed by atoms with Crippen molar-refractivity contribution in [3.8, 4) is 11.5 Å². The zero-order valence-corrected chi connectivity index (χ0v) is 16.4. The third-order valence-electron chi connectivity index (χ3n) is 4.46. The third-order valence-corrected chi connectivity index (χ3v) is 4.46. The van der Waals surface area contributed by atoms with Gasteiger partial charge in [0.15, 0.2) is 11.5 Å². The molecule has 2 amide bonds. The average Bonchev–Trinajstić information content (AvgIpc) is 2.68. The van der Waals surface area contributed by atoms with E-state index in [0.29, 0.717) is 30.3 Å². The van der Waals surface area contributed by atoms with Gasteiger partial charge in [0.1, 0.15) is 6.54 Å². The molecule has 7 nitrogen and oxygen atoms in total. The van der Waals surface area contributed by atoms with Crippen LogP contribution in [-0.4, -0.2) is 50.6 Å². The number of carbonyl (C=O) groups is 2. The summed E-state index contributed by atoms with van der Waals surface area (Å²) in [6.45, 7) is 3.27. The lowest BCUT2D eigenvalue weighted by atomic mass is 10.1. The van der Waals surface area contributed by atoms with Crippen molar-refractivity contribution in [3.05, 3.63) is 48.0 Å². The molecule has 1 aliphatic rings. The molecule has 2 aromatic carbocycles. The predicted octanol–water partition coefficient (Wildman–Crippen LogP) is 2.51. The summed E-state index contributed by atoms with van der Waals surface area (Å²) in [5.74, 6) is 1.05. The van der Waals surface area contributed by atoms with Gasteiger partial charge in [0.2, 0.25) is 11.8 Å². The number of likely N-dealkylation sites (N-methyl/N-ethyl adjacent to an activating group) is 1. The highest BCUT2D eigenvalue weighted by molar-refractivity contribution is 6.10. The van der Waals surface area contributed by atoms with Gasteiger partial charge in [-0.2, -0.15) is 0 Å². The molecule has 0 spiro atoms. The number of nitrogens with one attached hydrogen (secondary N) is 1. The van der Waals surface area contributed by atoms with Crippen LogP contribution in [0.25, 0.3) is 0 Å². The van der Waals surface area contributed by atoms with Crippen LogP contribution in [0.5, 0.6) is 11.5 Å². The van der Waals surface area contributed by atoms with E-state index in [1.54, 1.807) is 13.2 Å². The number of hydrogen-bond acceptors (Lipinski definition) is 5. The van der Waals surface area contributed by atoms with E-state index in [-0.39, 0.29) is 24.9 Å². The van der Waals surface area contributed by atoms with Crippen LogP contribution < -0.4 is 19.7 Å². The van der Waals surface area contributed by atoms with E-state index in [2.05, 4.69) is 5.32 Å². The van der Waals surface area contributed by atoms with Crippen molar-refractivity contribution >= 4 is 23.2 Å². The number of methoxy groups -OCH3 is 1. The van der Waals surface area contributed by atoms with Gasteiger partial charge in [-0.3, -0.25) is 19.4 Å². The van der Waals surface area contributed by atoms with Crippen LogP contribution in [-0.2, 0) is 16.1 Å². The second-order valence-electron chi connectivity index (χ2n) is 6.64. The van der Waals surface area contributed by atoms with Crippen LogP contribution >= 0.6 is 0 Å². The smallest absolute Gasteiger partial charge is 0.244 e. The van der Waals surface area contributed by atoms with Gasteiger partial charge in [-0.05, 0) is 43.8 Å². The first-order valence-corrected chi connectivity index (χ1v) is 9.19. The minimum atomic E-state index is -0.189. The lowest BCUT2D eigenvalue weighted by Crippen LogP contribution is -2.45. The maximum Gasteiger partial charge on any atom is 0.244 e. The standard InChI is InChI=1S/C21H25N3O4/c1-4-28-18-10-9-15(11-19(18)27-3)12-23(2)14-21(26)24-13-20(25)22-16-7-5-6-8-17(16)24/h5-11H,4,12-14H2,1-3H3,(H,22,25). The van der Waals surface area contributed by atoms with Gasteiger partial charge in [0.25, 0.3) is 0 Å². The molecule has 148 valence electrons. The molecule has 1 aliphatic heterocycles. The molecule has 1 heterocycles. The van der Waals surface area contributed by atoms with Gasteiger partial charge < -0.3 is 14.8 Å². The molecule has 0 bridgehead atoms. The SMILES string of the molecule is CCOc1ccc(CN(C)CC(=O)N2CC(=O)Nc3ccccc32)cc1OC. The maximum absolute atomic E-state index is 12.8. The summed E-state index contributed by atoms with van der Waals surface area (Å²) in [7, 11) is 3.48. The zero-order chi connectivity index (χ0) is 20.1. The Balaban J connectivity index is 1.67. The van der Waals surface area contributed by atoms with Gasteiger partial charge in [-0.1, -0.05) is 18.2 Å². The number of nitrogens with zero attached hydrogens (tertiary/aromatic N) is 2. The number of anilines is 2. The zero-order valence-electron chi connectivity index (χ0n) is 16.4. The Morgan fingerprint density at radius 2 is 2.00 bits per heavy atom. The Morgan fingerprint density at radius 1 is 1.21 bits per heavy atom. The van der Waals surface area contributed by atoms with Gasteiger partial charge >= 0.3 is 0 Å². The number of ether oxygens (including phenoxy) is 2. The molecule has 0 radical (unpaired) electrons. The molecule has 0 unspecified atom stereocenters. The lowest BCUT2D eigenvalue weighted by Gasteiger charge is -2.30. The number of amides is 2. The molecule has 7 heteroatoms. The van der Waals surface area contributed by atoms with Crippen LogP contribution in [0.3, 0.4) is 0 Å². The van der Waals surface area contributed by atoms with Gasteiger partial charge in [-0.25, -0.2) is 0 Å².